The number of rotatable bonds is 7. The van der Waals surface area contributed by atoms with Crippen LogP contribution in [0.2, 0.25) is 0 Å². The van der Waals surface area contributed by atoms with Gasteiger partial charge in [-0.25, -0.2) is 0 Å². The van der Waals surface area contributed by atoms with Crippen LogP contribution in [0.3, 0.4) is 0 Å². The number of aldehydes is 2. The Morgan fingerprint density at radius 2 is 1.64 bits per heavy atom. The van der Waals surface area contributed by atoms with E-state index in [0.29, 0.717) is 12.6 Å². The third kappa shape index (κ3) is 5.37. The Bertz CT molecular complexity index is 210. The van der Waals surface area contributed by atoms with Crippen LogP contribution in [0.5, 0.6) is 0 Å². The summed E-state index contributed by atoms with van der Waals surface area (Å²) in [7, 11) is 0. The van der Waals surface area contributed by atoms with Crippen LogP contribution in [0.25, 0.3) is 0 Å². The van der Waals surface area contributed by atoms with Gasteiger partial charge in [0.05, 0.1) is 12.6 Å². The van der Waals surface area contributed by atoms with Gasteiger partial charge in [-0.3, -0.25) is 4.90 Å². The Morgan fingerprint density at radius 3 is 1.93 bits per heavy atom. The van der Waals surface area contributed by atoms with E-state index in [4.69, 9.17) is 15.5 Å². The van der Waals surface area contributed by atoms with Crippen molar-refractivity contribution in [3.05, 3.63) is 0 Å². The van der Waals surface area contributed by atoms with Crippen LogP contribution < -0.4 is 0 Å². The van der Waals surface area contributed by atoms with Crippen LogP contribution in [0.1, 0.15) is 0 Å². The highest BCUT2D eigenvalue weighted by Crippen LogP contribution is 1.93. The molecule has 14 heavy (non-hydrogen) atoms. The first-order chi connectivity index (χ1) is 6.63. The average molecular weight is 200 g/mol. The molecule has 0 aromatic heterocycles. The lowest BCUT2D eigenvalue weighted by molar-refractivity contribution is -0.117. The smallest absolute Gasteiger partial charge is 0.149 e. The second kappa shape index (κ2) is 7.15. The van der Waals surface area contributed by atoms with E-state index in [9.17, 15) is 9.59 Å². The lowest BCUT2D eigenvalue weighted by Crippen LogP contribution is -2.39. The van der Waals surface area contributed by atoms with Gasteiger partial charge in [0.2, 0.25) is 0 Å². The summed E-state index contributed by atoms with van der Waals surface area (Å²) in [5, 5.41) is 26.3. The van der Waals surface area contributed by atoms with E-state index in [1.54, 1.807) is 6.07 Å². The van der Waals surface area contributed by atoms with Crippen LogP contribution in [-0.2, 0) is 9.59 Å². The van der Waals surface area contributed by atoms with E-state index < -0.39 is 12.2 Å². The first kappa shape index (κ1) is 12.7. The molecule has 0 saturated heterocycles. The van der Waals surface area contributed by atoms with Crippen molar-refractivity contribution in [2.24, 2.45) is 0 Å². The van der Waals surface area contributed by atoms with Gasteiger partial charge in [-0.2, -0.15) is 5.26 Å². The molecule has 0 amide bonds. The maximum atomic E-state index is 10.1. The van der Waals surface area contributed by atoms with Gasteiger partial charge < -0.3 is 19.8 Å². The van der Waals surface area contributed by atoms with Crippen LogP contribution >= 0.6 is 0 Å². The van der Waals surface area contributed by atoms with Crippen LogP contribution in [0.15, 0.2) is 0 Å². The molecule has 0 saturated carbocycles. The standard InChI is InChI=1S/C8H12N2O4/c9-1-2-10(3-7(13)5-11)4-8(14)6-12/h5-8,13-14H,2-4H2. The molecule has 0 aromatic rings. The zero-order valence-electron chi connectivity index (χ0n) is 7.54. The summed E-state index contributed by atoms with van der Waals surface area (Å²) < 4.78 is 0. The molecule has 0 spiro atoms. The number of hydrogen-bond donors (Lipinski definition) is 2. The van der Waals surface area contributed by atoms with E-state index in [2.05, 4.69) is 0 Å². The van der Waals surface area contributed by atoms with Crippen molar-refractivity contribution in [1.29, 1.82) is 5.26 Å². The van der Waals surface area contributed by atoms with Crippen molar-refractivity contribution in [1.82, 2.24) is 4.90 Å². The minimum Gasteiger partial charge on any atom is -0.384 e. The van der Waals surface area contributed by atoms with E-state index in [1.807, 2.05) is 0 Å². The summed E-state index contributed by atoms with van der Waals surface area (Å²) in [6.07, 6.45) is -1.75. The molecule has 0 radical (unpaired) electrons. The minimum atomic E-state index is -1.21. The van der Waals surface area contributed by atoms with Crippen LogP contribution in [-0.4, -0.2) is 59.5 Å². The first-order valence-electron chi connectivity index (χ1n) is 4.00. The van der Waals surface area contributed by atoms with E-state index >= 15 is 0 Å². The van der Waals surface area contributed by atoms with Gasteiger partial charge in [-0.15, -0.1) is 0 Å². The SMILES string of the molecule is N#CCN(CC(O)C=O)CC(O)C=O. The van der Waals surface area contributed by atoms with Crippen molar-refractivity contribution >= 4 is 12.6 Å². The molecule has 0 aliphatic carbocycles. The van der Waals surface area contributed by atoms with Crippen molar-refractivity contribution in [3.63, 3.8) is 0 Å². The minimum absolute atomic E-state index is 0.0597. The molecular weight excluding hydrogens is 188 g/mol. The Morgan fingerprint density at radius 1 is 1.21 bits per heavy atom. The highest BCUT2D eigenvalue weighted by Gasteiger charge is 2.14. The normalized spacial score (nSPS) is 14.4. The summed E-state index contributed by atoms with van der Waals surface area (Å²) >= 11 is 0. The molecule has 2 N–H and O–H groups in total. The average Bonchev–Trinajstić information content (AvgIpc) is 2.17. The molecule has 0 heterocycles. The predicted molar refractivity (Wildman–Crippen MR) is 46.2 cm³/mol. The second-order valence-electron chi connectivity index (χ2n) is 2.76. The lowest BCUT2D eigenvalue weighted by atomic mass is 10.3. The van der Waals surface area contributed by atoms with Crippen molar-refractivity contribution in [2.45, 2.75) is 12.2 Å². The Hall–Kier alpha value is -1.29. The molecule has 0 aliphatic rings. The maximum absolute atomic E-state index is 10.1. The third-order valence-corrected chi connectivity index (χ3v) is 1.50. The zero-order valence-corrected chi connectivity index (χ0v) is 7.54. The number of carbonyl (C=O) groups is 2. The number of hydrogen-bond acceptors (Lipinski definition) is 6. The van der Waals surface area contributed by atoms with Crippen molar-refractivity contribution < 1.29 is 19.8 Å². The fourth-order valence-corrected chi connectivity index (χ4v) is 0.919. The largest absolute Gasteiger partial charge is 0.384 e. The number of aliphatic hydroxyl groups excluding tert-OH is 2. The quantitative estimate of drug-likeness (QED) is 0.361. The van der Waals surface area contributed by atoms with Gasteiger partial charge in [0.15, 0.2) is 0 Å². The van der Waals surface area contributed by atoms with Gasteiger partial charge in [0.1, 0.15) is 24.8 Å². The van der Waals surface area contributed by atoms with E-state index in [1.165, 1.54) is 4.90 Å². The first-order valence-corrected chi connectivity index (χ1v) is 4.00. The Kier molecular flexibility index (Phi) is 6.49. The van der Waals surface area contributed by atoms with Gasteiger partial charge in [0, 0.05) is 13.1 Å². The van der Waals surface area contributed by atoms with Crippen LogP contribution in [0, 0.1) is 11.3 Å². The molecule has 2 atom stereocenters. The van der Waals surface area contributed by atoms with Crippen molar-refractivity contribution in [3.8, 4) is 6.07 Å². The molecule has 0 aromatic carbocycles. The summed E-state index contributed by atoms with van der Waals surface area (Å²) in [4.78, 5) is 21.5. The molecule has 2 unspecified atom stereocenters. The Labute approximate surface area is 81.4 Å². The van der Waals surface area contributed by atoms with Gasteiger partial charge in [-0.1, -0.05) is 0 Å². The molecule has 0 fully saturated rings. The molecule has 0 rings (SSSR count). The number of aliphatic hydroxyl groups is 2. The second-order valence-corrected chi connectivity index (χ2v) is 2.76. The molecule has 0 aliphatic heterocycles. The molecular formula is C8H12N2O4. The Balaban J connectivity index is 4.08. The molecule has 78 valence electrons. The van der Waals surface area contributed by atoms with E-state index in [0.717, 1.165) is 0 Å². The molecule has 6 nitrogen and oxygen atoms in total. The van der Waals surface area contributed by atoms with E-state index in [-0.39, 0.29) is 19.6 Å². The van der Waals surface area contributed by atoms with Gasteiger partial charge >= 0.3 is 0 Å². The number of carbonyl (C=O) groups excluding carboxylic acids is 2. The third-order valence-electron chi connectivity index (χ3n) is 1.50. The zero-order chi connectivity index (χ0) is 11.0. The van der Waals surface area contributed by atoms with Gasteiger partial charge in [0.25, 0.3) is 0 Å². The fraction of sp³-hybridized carbons (Fsp3) is 0.625. The topological polar surface area (TPSA) is 102 Å². The summed E-state index contributed by atoms with van der Waals surface area (Å²) in [5.41, 5.74) is 0. The molecule has 6 heteroatoms. The van der Waals surface area contributed by atoms with Crippen molar-refractivity contribution in [2.75, 3.05) is 19.6 Å². The monoisotopic (exact) mass is 200 g/mol. The summed E-state index contributed by atoms with van der Waals surface area (Å²) in [6.45, 7) is -0.195. The lowest BCUT2D eigenvalue weighted by Gasteiger charge is -2.20. The fourth-order valence-electron chi connectivity index (χ4n) is 0.919. The predicted octanol–water partition coefficient (Wildman–Crippen LogP) is -2.07. The summed E-state index contributed by atoms with van der Waals surface area (Å²) in [5.74, 6) is 0. The number of nitriles is 1. The highest BCUT2D eigenvalue weighted by atomic mass is 16.3. The number of nitrogens with zero attached hydrogens (tertiary/aromatic N) is 2. The summed E-state index contributed by atoms with van der Waals surface area (Å²) in [6, 6.07) is 1.80. The van der Waals surface area contributed by atoms with Gasteiger partial charge in [-0.05, 0) is 0 Å². The highest BCUT2D eigenvalue weighted by molar-refractivity contribution is 5.56. The molecule has 0 bridgehead atoms. The van der Waals surface area contributed by atoms with Crippen LogP contribution in [0.4, 0.5) is 0 Å². The maximum Gasteiger partial charge on any atom is 0.149 e.